The van der Waals surface area contributed by atoms with Crippen molar-refractivity contribution in [2.45, 2.75) is 6.54 Å². The van der Waals surface area contributed by atoms with Gasteiger partial charge in [0, 0.05) is 37.7 Å². The molecule has 0 unspecified atom stereocenters. The lowest BCUT2D eigenvalue weighted by Gasteiger charge is -2.07. The summed E-state index contributed by atoms with van der Waals surface area (Å²) in [6.45, 7) is 1.04. The average Bonchev–Trinajstić information content (AvgIpc) is 3.20. The Morgan fingerprint density at radius 3 is 2.90 bits per heavy atom. The Morgan fingerprint density at radius 1 is 1.19 bits per heavy atom. The van der Waals surface area contributed by atoms with Crippen LogP contribution in [0.15, 0.2) is 53.6 Å². The highest BCUT2D eigenvalue weighted by Gasteiger charge is 2.10. The van der Waals surface area contributed by atoms with Crippen molar-refractivity contribution in [1.29, 1.82) is 0 Å². The molecule has 0 saturated heterocycles. The van der Waals surface area contributed by atoms with Gasteiger partial charge in [-0.05, 0) is 12.1 Å². The molecule has 0 bridgehead atoms. The third-order valence-corrected chi connectivity index (χ3v) is 2.91. The second kappa shape index (κ2) is 6.00. The summed E-state index contributed by atoms with van der Waals surface area (Å²) in [6, 6.07) is 7.18. The fraction of sp³-hybridized carbons (Fsp3) is 0.143. The van der Waals surface area contributed by atoms with Gasteiger partial charge in [0.05, 0.1) is 6.20 Å². The summed E-state index contributed by atoms with van der Waals surface area (Å²) in [4.78, 5) is 20.3. The van der Waals surface area contributed by atoms with E-state index in [1.54, 1.807) is 12.4 Å². The second-order valence-electron chi connectivity index (χ2n) is 4.29. The third-order valence-electron chi connectivity index (χ3n) is 2.91. The van der Waals surface area contributed by atoms with E-state index in [0.717, 1.165) is 11.5 Å². The maximum absolute atomic E-state index is 11.7. The van der Waals surface area contributed by atoms with E-state index in [2.05, 4.69) is 20.4 Å². The normalized spacial score (nSPS) is 10.5. The second-order valence-corrected chi connectivity index (χ2v) is 4.29. The SMILES string of the molecule is O=C(NCCn1ccnc1-c1ccccn1)c1ccno1. The minimum atomic E-state index is -0.285. The van der Waals surface area contributed by atoms with Crippen molar-refractivity contribution in [3.8, 4) is 11.5 Å². The van der Waals surface area contributed by atoms with Gasteiger partial charge in [-0.15, -0.1) is 0 Å². The van der Waals surface area contributed by atoms with Crippen molar-refractivity contribution in [3.05, 3.63) is 54.8 Å². The molecule has 3 aromatic heterocycles. The molecule has 21 heavy (non-hydrogen) atoms. The number of carbonyl (C=O) groups is 1. The lowest BCUT2D eigenvalue weighted by atomic mass is 10.3. The van der Waals surface area contributed by atoms with Crippen molar-refractivity contribution >= 4 is 5.91 Å². The summed E-state index contributed by atoms with van der Waals surface area (Å²) in [5.41, 5.74) is 0.795. The van der Waals surface area contributed by atoms with Crippen LogP contribution < -0.4 is 5.32 Å². The average molecular weight is 283 g/mol. The van der Waals surface area contributed by atoms with E-state index in [9.17, 15) is 4.79 Å². The molecule has 0 spiro atoms. The van der Waals surface area contributed by atoms with Crippen LogP contribution in [0.1, 0.15) is 10.6 Å². The topological polar surface area (TPSA) is 85.8 Å². The van der Waals surface area contributed by atoms with Crippen molar-refractivity contribution in [2.24, 2.45) is 0 Å². The van der Waals surface area contributed by atoms with Gasteiger partial charge in [0.25, 0.3) is 5.91 Å². The van der Waals surface area contributed by atoms with Crippen LogP contribution in [0, 0.1) is 0 Å². The van der Waals surface area contributed by atoms with Crippen LogP contribution in [-0.4, -0.2) is 32.1 Å². The molecule has 3 aromatic rings. The number of nitrogens with zero attached hydrogens (tertiary/aromatic N) is 4. The maximum atomic E-state index is 11.7. The lowest BCUT2D eigenvalue weighted by molar-refractivity contribution is 0.0915. The van der Waals surface area contributed by atoms with E-state index >= 15 is 0 Å². The molecule has 1 N–H and O–H groups in total. The van der Waals surface area contributed by atoms with Crippen LogP contribution in [-0.2, 0) is 6.54 Å². The number of hydrogen-bond donors (Lipinski definition) is 1. The van der Waals surface area contributed by atoms with Gasteiger partial charge in [-0.25, -0.2) is 4.98 Å². The van der Waals surface area contributed by atoms with Crippen LogP contribution in [0.2, 0.25) is 0 Å². The summed E-state index contributed by atoms with van der Waals surface area (Å²) < 4.78 is 6.72. The Balaban J connectivity index is 1.62. The molecule has 1 amide bonds. The van der Waals surface area contributed by atoms with Gasteiger partial charge in [-0.3, -0.25) is 9.78 Å². The molecule has 7 nitrogen and oxygen atoms in total. The molecule has 0 aromatic carbocycles. The molecule has 0 saturated carbocycles. The highest BCUT2D eigenvalue weighted by Crippen LogP contribution is 2.13. The highest BCUT2D eigenvalue weighted by molar-refractivity contribution is 5.91. The first kappa shape index (κ1) is 13.0. The fourth-order valence-electron chi connectivity index (χ4n) is 1.93. The monoisotopic (exact) mass is 283 g/mol. The van der Waals surface area contributed by atoms with Crippen molar-refractivity contribution < 1.29 is 9.32 Å². The van der Waals surface area contributed by atoms with Crippen molar-refractivity contribution in [1.82, 2.24) is 25.0 Å². The number of rotatable bonds is 5. The number of aromatic nitrogens is 4. The van der Waals surface area contributed by atoms with Crippen LogP contribution in [0.4, 0.5) is 0 Å². The summed E-state index contributed by atoms with van der Waals surface area (Å²) in [7, 11) is 0. The van der Waals surface area contributed by atoms with Crippen LogP contribution in [0.3, 0.4) is 0 Å². The summed E-state index contributed by atoms with van der Waals surface area (Å²) in [5, 5.41) is 6.26. The Bertz CT molecular complexity index is 706. The molecule has 0 radical (unpaired) electrons. The predicted octanol–water partition coefficient (Wildman–Crippen LogP) is 1.36. The molecule has 106 valence electrons. The minimum absolute atomic E-state index is 0.200. The van der Waals surface area contributed by atoms with Crippen molar-refractivity contribution in [3.63, 3.8) is 0 Å². The Labute approximate surface area is 120 Å². The molecule has 0 aliphatic rings. The first-order chi connectivity index (χ1) is 10.3. The maximum Gasteiger partial charge on any atom is 0.289 e. The molecule has 0 aliphatic carbocycles. The highest BCUT2D eigenvalue weighted by atomic mass is 16.5. The predicted molar refractivity (Wildman–Crippen MR) is 74.3 cm³/mol. The molecule has 3 heterocycles. The first-order valence-corrected chi connectivity index (χ1v) is 6.46. The van der Waals surface area contributed by atoms with E-state index in [1.165, 1.54) is 12.3 Å². The summed E-state index contributed by atoms with van der Waals surface area (Å²) >= 11 is 0. The number of hydrogen-bond acceptors (Lipinski definition) is 5. The minimum Gasteiger partial charge on any atom is -0.351 e. The third kappa shape index (κ3) is 2.97. The smallest absolute Gasteiger partial charge is 0.289 e. The van der Waals surface area contributed by atoms with Crippen LogP contribution >= 0.6 is 0 Å². The van der Waals surface area contributed by atoms with Crippen LogP contribution in [0.5, 0.6) is 0 Å². The number of imidazole rings is 1. The molecule has 3 rings (SSSR count). The largest absolute Gasteiger partial charge is 0.351 e. The van der Waals surface area contributed by atoms with Gasteiger partial charge in [0.15, 0.2) is 5.82 Å². The van der Waals surface area contributed by atoms with Gasteiger partial charge >= 0.3 is 0 Å². The van der Waals surface area contributed by atoms with E-state index < -0.39 is 0 Å². The summed E-state index contributed by atoms with van der Waals surface area (Å²) in [5.74, 6) is 0.682. The van der Waals surface area contributed by atoms with E-state index in [-0.39, 0.29) is 11.7 Å². The number of pyridine rings is 1. The standard InChI is InChI=1S/C14H13N5O2/c20-14(12-4-6-18-21-12)17-8-10-19-9-7-16-13(19)11-3-1-2-5-15-11/h1-7,9H,8,10H2,(H,17,20). The molecular formula is C14H13N5O2. The number of nitrogens with one attached hydrogen (secondary N) is 1. The van der Waals surface area contributed by atoms with Gasteiger partial charge in [0.1, 0.15) is 5.69 Å². The Kier molecular flexibility index (Phi) is 3.72. The zero-order valence-corrected chi connectivity index (χ0v) is 11.1. The van der Waals surface area contributed by atoms with E-state index in [1.807, 2.05) is 29.0 Å². The molecule has 0 aliphatic heterocycles. The summed E-state index contributed by atoms with van der Waals surface area (Å²) in [6.07, 6.45) is 6.72. The fourth-order valence-corrected chi connectivity index (χ4v) is 1.93. The first-order valence-electron chi connectivity index (χ1n) is 6.46. The quantitative estimate of drug-likeness (QED) is 0.764. The van der Waals surface area contributed by atoms with Gasteiger partial charge in [-0.1, -0.05) is 11.2 Å². The van der Waals surface area contributed by atoms with E-state index in [4.69, 9.17) is 4.52 Å². The van der Waals surface area contributed by atoms with E-state index in [0.29, 0.717) is 13.1 Å². The number of carbonyl (C=O) groups excluding carboxylic acids is 1. The van der Waals surface area contributed by atoms with Crippen LogP contribution in [0.25, 0.3) is 11.5 Å². The van der Waals surface area contributed by atoms with Gasteiger partial charge in [0.2, 0.25) is 5.76 Å². The molecule has 0 fully saturated rings. The Hall–Kier alpha value is -2.96. The number of amides is 1. The molecular weight excluding hydrogens is 270 g/mol. The zero-order valence-electron chi connectivity index (χ0n) is 11.1. The zero-order chi connectivity index (χ0) is 14.5. The van der Waals surface area contributed by atoms with Gasteiger partial charge < -0.3 is 14.4 Å². The molecule has 7 heteroatoms. The molecule has 0 atom stereocenters. The Morgan fingerprint density at radius 2 is 2.14 bits per heavy atom. The van der Waals surface area contributed by atoms with Crippen molar-refractivity contribution in [2.75, 3.05) is 6.54 Å². The van der Waals surface area contributed by atoms with Gasteiger partial charge in [-0.2, -0.15) is 0 Å². The lowest BCUT2D eigenvalue weighted by Crippen LogP contribution is -2.27.